The Kier molecular flexibility index (Phi) is 7.91. The van der Waals surface area contributed by atoms with Crippen LogP contribution in [0.1, 0.15) is 47.8 Å². The van der Waals surface area contributed by atoms with Gasteiger partial charge in [-0.15, -0.1) is 5.10 Å². The normalized spacial score (nSPS) is 14.8. The topological polar surface area (TPSA) is 108 Å². The average Bonchev–Trinajstić information content (AvgIpc) is 3.39. The highest BCUT2D eigenvalue weighted by molar-refractivity contribution is 5.93. The maximum absolute atomic E-state index is 13.6. The zero-order valence-electron chi connectivity index (χ0n) is 23.6. The van der Waals surface area contributed by atoms with Gasteiger partial charge in [-0.25, -0.2) is 23.8 Å². The number of H-pyrrole nitrogens is 1. The predicted octanol–water partition coefficient (Wildman–Crippen LogP) is 4.74. The molecule has 1 atom stereocenters. The second kappa shape index (κ2) is 11.6. The Labute approximate surface area is 245 Å². The van der Waals surface area contributed by atoms with E-state index < -0.39 is 29.4 Å². The summed E-state index contributed by atoms with van der Waals surface area (Å²) in [7, 11) is 1.19. The molecule has 0 bridgehead atoms. The minimum absolute atomic E-state index is 0.000455. The minimum Gasteiger partial charge on any atom is -0.466 e. The molecular formula is C31H28F3N6O3+. The molecule has 220 valence electrons. The second-order valence-electron chi connectivity index (χ2n) is 9.99. The van der Waals surface area contributed by atoms with Crippen molar-refractivity contribution in [3.8, 4) is 6.07 Å². The van der Waals surface area contributed by atoms with Gasteiger partial charge in [-0.3, -0.25) is 4.90 Å². The number of carbonyl (C=O) groups is 1. The van der Waals surface area contributed by atoms with Crippen LogP contribution >= 0.6 is 0 Å². The highest BCUT2D eigenvalue weighted by Crippen LogP contribution is 2.43. The number of alkyl halides is 3. The number of aryl methyl sites for hydroxylation is 3. The second-order valence-corrected chi connectivity index (χ2v) is 9.99. The molecule has 12 heteroatoms. The van der Waals surface area contributed by atoms with Crippen LogP contribution in [0.15, 0.2) is 82.9 Å². The van der Waals surface area contributed by atoms with Gasteiger partial charge in [0.1, 0.15) is 6.04 Å². The molecule has 43 heavy (non-hydrogen) atoms. The number of fused-ring (bicyclic) bond motifs is 1. The highest BCUT2D eigenvalue weighted by Gasteiger charge is 2.41. The van der Waals surface area contributed by atoms with Crippen molar-refractivity contribution in [2.75, 3.05) is 12.0 Å². The minimum atomic E-state index is -4.62. The molecule has 0 saturated carbocycles. The number of nitrogens with one attached hydrogen (secondary N) is 1. The predicted molar refractivity (Wildman–Crippen MR) is 150 cm³/mol. The third-order valence-corrected chi connectivity index (χ3v) is 7.57. The van der Waals surface area contributed by atoms with Crippen LogP contribution in [0.5, 0.6) is 0 Å². The molecule has 0 fully saturated rings. The number of pyridine rings is 1. The number of benzene rings is 2. The van der Waals surface area contributed by atoms with E-state index in [0.717, 1.165) is 24.2 Å². The SMILES string of the molecule is CCc1cccc[n+]1CCc1cc(C#N)ccc1C1C(C(=O)OC)=C(C)N(c2cccc(C(F)(F)F)c2)c2n[nH]c(=O)n21. The van der Waals surface area contributed by atoms with E-state index >= 15 is 0 Å². The van der Waals surface area contributed by atoms with E-state index in [1.165, 1.54) is 28.7 Å². The molecule has 1 N–H and O–H groups in total. The van der Waals surface area contributed by atoms with E-state index in [1.807, 2.05) is 24.4 Å². The molecule has 1 unspecified atom stereocenters. The van der Waals surface area contributed by atoms with E-state index in [4.69, 9.17) is 4.74 Å². The zero-order chi connectivity index (χ0) is 30.9. The molecule has 5 rings (SSSR count). The number of carbonyl (C=O) groups excluding carboxylic acids is 1. The van der Waals surface area contributed by atoms with E-state index in [9.17, 15) is 28.0 Å². The Morgan fingerprint density at radius 1 is 1.16 bits per heavy atom. The first-order valence-electron chi connectivity index (χ1n) is 13.5. The lowest BCUT2D eigenvalue weighted by Crippen LogP contribution is -2.40. The van der Waals surface area contributed by atoms with Gasteiger partial charge >= 0.3 is 17.8 Å². The number of hydrogen-bond acceptors (Lipinski definition) is 6. The molecule has 0 aliphatic carbocycles. The first-order chi connectivity index (χ1) is 20.6. The molecular weight excluding hydrogens is 561 g/mol. The molecule has 0 radical (unpaired) electrons. The fraction of sp³-hybridized carbons (Fsp3) is 0.258. The molecule has 0 amide bonds. The van der Waals surface area contributed by atoms with Crippen molar-refractivity contribution in [2.24, 2.45) is 0 Å². The Morgan fingerprint density at radius 2 is 1.95 bits per heavy atom. The summed E-state index contributed by atoms with van der Waals surface area (Å²) in [6, 6.07) is 16.6. The fourth-order valence-electron chi connectivity index (χ4n) is 5.53. The molecule has 2 aromatic carbocycles. The Hall–Kier alpha value is -5.18. The number of allylic oxidation sites excluding steroid dienone is 1. The maximum Gasteiger partial charge on any atom is 0.416 e. The van der Waals surface area contributed by atoms with E-state index in [1.54, 1.807) is 25.1 Å². The van der Waals surface area contributed by atoms with Crippen LogP contribution in [-0.4, -0.2) is 27.8 Å². The number of methoxy groups -OCH3 is 1. The Morgan fingerprint density at radius 3 is 2.65 bits per heavy atom. The van der Waals surface area contributed by atoms with Crippen LogP contribution in [-0.2, 0) is 35.1 Å². The molecule has 1 aliphatic heterocycles. The van der Waals surface area contributed by atoms with Gasteiger partial charge in [0.2, 0.25) is 5.95 Å². The van der Waals surface area contributed by atoms with Crippen molar-refractivity contribution >= 4 is 17.6 Å². The quantitative estimate of drug-likeness (QED) is 0.247. The van der Waals surface area contributed by atoms with Gasteiger partial charge in [0.05, 0.1) is 29.9 Å². The molecule has 1 aliphatic rings. The Balaban J connectivity index is 1.71. The number of ether oxygens (including phenoxy) is 1. The molecule has 3 heterocycles. The lowest BCUT2D eigenvalue weighted by atomic mass is 9.89. The summed E-state index contributed by atoms with van der Waals surface area (Å²) >= 11 is 0. The van der Waals surface area contributed by atoms with Gasteiger partial charge in [-0.05, 0) is 48.4 Å². The van der Waals surface area contributed by atoms with E-state index in [-0.39, 0.29) is 22.9 Å². The lowest BCUT2D eigenvalue weighted by molar-refractivity contribution is -0.703. The number of halogens is 3. The van der Waals surface area contributed by atoms with Crippen molar-refractivity contribution < 1.29 is 27.3 Å². The maximum atomic E-state index is 13.6. The largest absolute Gasteiger partial charge is 0.466 e. The van der Waals surface area contributed by atoms with Crippen molar-refractivity contribution in [2.45, 2.75) is 45.5 Å². The summed E-state index contributed by atoms with van der Waals surface area (Å²) in [6.45, 7) is 4.17. The number of aromatic nitrogens is 4. The van der Waals surface area contributed by atoms with Crippen molar-refractivity contribution in [1.29, 1.82) is 5.26 Å². The number of esters is 1. The summed E-state index contributed by atoms with van der Waals surface area (Å²) in [5, 5.41) is 16.2. The first-order valence-corrected chi connectivity index (χ1v) is 13.5. The smallest absolute Gasteiger partial charge is 0.416 e. The van der Waals surface area contributed by atoms with Gasteiger partial charge in [-0.1, -0.05) is 25.1 Å². The van der Waals surface area contributed by atoms with Crippen LogP contribution in [0.2, 0.25) is 0 Å². The van der Waals surface area contributed by atoms with Crippen LogP contribution in [0.25, 0.3) is 0 Å². The zero-order valence-corrected chi connectivity index (χ0v) is 23.6. The first kappa shape index (κ1) is 29.3. The van der Waals surface area contributed by atoms with Crippen LogP contribution in [0, 0.1) is 11.3 Å². The molecule has 9 nitrogen and oxygen atoms in total. The van der Waals surface area contributed by atoms with Gasteiger partial charge < -0.3 is 4.74 Å². The van der Waals surface area contributed by atoms with Crippen molar-refractivity contribution in [3.05, 3.63) is 117 Å². The van der Waals surface area contributed by atoms with Crippen molar-refractivity contribution in [1.82, 2.24) is 14.8 Å². The monoisotopic (exact) mass is 589 g/mol. The molecule has 0 spiro atoms. The number of nitriles is 1. The van der Waals surface area contributed by atoms with Gasteiger partial charge in [-0.2, -0.15) is 18.4 Å². The standard InChI is InChI=1S/C31H27F3N6O3/c1-4-23-9-5-6-14-38(23)15-13-21-16-20(18-35)11-12-25(21)27-26(28(41)43-3)19(2)39(29-36-37-30(42)40(27)29)24-10-7-8-22(17-24)31(32,33)34/h5-12,14,16-17,27H,4,13,15H2,1-3H3/p+1. The fourth-order valence-corrected chi connectivity index (χ4v) is 5.53. The third-order valence-electron chi connectivity index (χ3n) is 7.57. The molecule has 0 saturated heterocycles. The highest BCUT2D eigenvalue weighted by atomic mass is 19.4. The summed E-state index contributed by atoms with van der Waals surface area (Å²) in [4.78, 5) is 28.1. The molecule has 2 aromatic heterocycles. The van der Waals surface area contributed by atoms with Crippen molar-refractivity contribution in [3.63, 3.8) is 0 Å². The van der Waals surface area contributed by atoms with Gasteiger partial charge in [0.15, 0.2) is 18.4 Å². The number of nitrogens with zero attached hydrogens (tertiary/aromatic N) is 5. The number of anilines is 2. The van der Waals surface area contributed by atoms with Gasteiger partial charge in [0.25, 0.3) is 0 Å². The number of rotatable bonds is 7. The van der Waals surface area contributed by atoms with Crippen LogP contribution in [0.3, 0.4) is 0 Å². The molecule has 4 aromatic rings. The number of aromatic amines is 1. The van der Waals surface area contributed by atoms with E-state index in [2.05, 4.69) is 27.8 Å². The summed E-state index contributed by atoms with van der Waals surface area (Å²) in [5.41, 5.74) is 1.54. The van der Waals surface area contributed by atoms with E-state index in [0.29, 0.717) is 29.7 Å². The van der Waals surface area contributed by atoms with Gasteiger partial charge in [0, 0.05) is 36.4 Å². The van der Waals surface area contributed by atoms with Crippen LogP contribution in [0.4, 0.5) is 24.8 Å². The Bertz CT molecular complexity index is 1830. The summed E-state index contributed by atoms with van der Waals surface area (Å²) < 4.78 is 49.3. The average molecular weight is 590 g/mol. The van der Waals surface area contributed by atoms with Crippen LogP contribution < -0.4 is 15.2 Å². The number of hydrogen-bond donors (Lipinski definition) is 1. The third kappa shape index (κ3) is 5.41. The summed E-state index contributed by atoms with van der Waals surface area (Å²) in [6.07, 6.45) is -1.39. The summed E-state index contributed by atoms with van der Waals surface area (Å²) in [5.74, 6) is -0.764. The lowest BCUT2D eigenvalue weighted by Gasteiger charge is -2.36.